The lowest BCUT2D eigenvalue weighted by molar-refractivity contribution is 0.193. The summed E-state index contributed by atoms with van der Waals surface area (Å²) in [5.41, 5.74) is 1.38. The van der Waals surface area contributed by atoms with Crippen molar-refractivity contribution in [2.24, 2.45) is 0 Å². The second-order valence-corrected chi connectivity index (χ2v) is 4.82. The lowest BCUT2D eigenvalue weighted by Crippen LogP contribution is -2.22. The molecular formula is C16H27NO2. The molecule has 0 fully saturated rings. The molecule has 0 heterocycles. The molecule has 0 bridgehead atoms. The Morgan fingerprint density at radius 1 is 1.11 bits per heavy atom. The second kappa shape index (κ2) is 9.82. The van der Waals surface area contributed by atoms with Gasteiger partial charge in [-0.25, -0.2) is 0 Å². The molecule has 0 spiro atoms. The Kier molecular flexibility index (Phi) is 8.26. The van der Waals surface area contributed by atoms with Crippen LogP contribution in [0.5, 0.6) is 5.75 Å². The zero-order valence-electron chi connectivity index (χ0n) is 12.4. The molecule has 0 aliphatic carbocycles. The van der Waals surface area contributed by atoms with Crippen LogP contribution in [-0.2, 0) is 4.74 Å². The standard InChI is InChI=1S/C16H27NO2/c1-4-14(2)15-6-8-16(9-7-15)19-13-11-17-10-5-12-18-3/h6-9,14,17H,4-5,10-13H2,1-3H3/t14-/m1/s1. The highest BCUT2D eigenvalue weighted by Crippen LogP contribution is 2.21. The third-order valence-corrected chi connectivity index (χ3v) is 3.31. The Morgan fingerprint density at radius 2 is 1.84 bits per heavy atom. The quantitative estimate of drug-likeness (QED) is 0.659. The molecule has 1 rings (SSSR count). The van der Waals surface area contributed by atoms with Crippen LogP contribution in [0.2, 0.25) is 0 Å². The first kappa shape index (κ1) is 16.0. The van der Waals surface area contributed by atoms with E-state index in [2.05, 4.69) is 43.4 Å². The molecule has 0 aliphatic heterocycles. The van der Waals surface area contributed by atoms with Crippen LogP contribution in [0.15, 0.2) is 24.3 Å². The van der Waals surface area contributed by atoms with Crippen molar-refractivity contribution in [2.45, 2.75) is 32.6 Å². The van der Waals surface area contributed by atoms with E-state index in [1.54, 1.807) is 7.11 Å². The summed E-state index contributed by atoms with van der Waals surface area (Å²) in [6.07, 6.45) is 2.21. The van der Waals surface area contributed by atoms with Gasteiger partial charge in [0.05, 0.1) is 0 Å². The monoisotopic (exact) mass is 265 g/mol. The zero-order chi connectivity index (χ0) is 13.9. The van der Waals surface area contributed by atoms with Crippen molar-refractivity contribution in [2.75, 3.05) is 33.4 Å². The molecule has 0 aromatic heterocycles. The molecule has 0 aliphatic rings. The van der Waals surface area contributed by atoms with Crippen LogP contribution >= 0.6 is 0 Å². The summed E-state index contributed by atoms with van der Waals surface area (Å²) in [7, 11) is 1.73. The van der Waals surface area contributed by atoms with Gasteiger partial charge in [0.1, 0.15) is 12.4 Å². The van der Waals surface area contributed by atoms with Gasteiger partial charge < -0.3 is 14.8 Å². The fraction of sp³-hybridized carbons (Fsp3) is 0.625. The van der Waals surface area contributed by atoms with E-state index in [0.717, 1.165) is 31.9 Å². The van der Waals surface area contributed by atoms with Crippen LogP contribution in [0.4, 0.5) is 0 Å². The lowest BCUT2D eigenvalue weighted by Gasteiger charge is -2.11. The minimum absolute atomic E-state index is 0.622. The van der Waals surface area contributed by atoms with E-state index in [4.69, 9.17) is 9.47 Å². The van der Waals surface area contributed by atoms with Crippen LogP contribution in [0, 0.1) is 0 Å². The Bertz CT molecular complexity index is 324. The molecule has 0 saturated heterocycles. The summed E-state index contributed by atoms with van der Waals surface area (Å²) in [6, 6.07) is 8.45. The fourth-order valence-electron chi connectivity index (χ4n) is 1.84. The SMILES string of the molecule is CC[C@@H](C)c1ccc(OCCNCCCOC)cc1. The highest BCUT2D eigenvalue weighted by Gasteiger charge is 2.02. The topological polar surface area (TPSA) is 30.5 Å². The molecule has 1 aromatic rings. The van der Waals surface area contributed by atoms with Crippen LogP contribution in [0.25, 0.3) is 0 Å². The first-order valence-corrected chi connectivity index (χ1v) is 7.20. The van der Waals surface area contributed by atoms with E-state index in [0.29, 0.717) is 12.5 Å². The number of hydrogen-bond donors (Lipinski definition) is 1. The number of benzene rings is 1. The van der Waals surface area contributed by atoms with Gasteiger partial charge in [0.25, 0.3) is 0 Å². The van der Waals surface area contributed by atoms with Crippen molar-refractivity contribution >= 4 is 0 Å². The zero-order valence-corrected chi connectivity index (χ0v) is 12.4. The van der Waals surface area contributed by atoms with Gasteiger partial charge in [-0.05, 0) is 43.0 Å². The highest BCUT2D eigenvalue weighted by molar-refractivity contribution is 5.29. The van der Waals surface area contributed by atoms with Gasteiger partial charge in [-0.15, -0.1) is 0 Å². The third-order valence-electron chi connectivity index (χ3n) is 3.31. The third kappa shape index (κ3) is 6.60. The average Bonchev–Trinajstić information content (AvgIpc) is 2.46. The van der Waals surface area contributed by atoms with Gasteiger partial charge in [-0.2, -0.15) is 0 Å². The minimum atomic E-state index is 0.622. The summed E-state index contributed by atoms with van der Waals surface area (Å²) in [6.45, 7) is 7.83. The summed E-state index contributed by atoms with van der Waals surface area (Å²) in [5.74, 6) is 1.57. The molecular weight excluding hydrogens is 238 g/mol. The Morgan fingerprint density at radius 3 is 2.47 bits per heavy atom. The molecule has 0 unspecified atom stereocenters. The largest absolute Gasteiger partial charge is 0.492 e. The van der Waals surface area contributed by atoms with Crippen molar-refractivity contribution in [3.05, 3.63) is 29.8 Å². The average molecular weight is 265 g/mol. The normalized spacial score (nSPS) is 12.4. The molecule has 0 radical (unpaired) electrons. The molecule has 1 N–H and O–H groups in total. The summed E-state index contributed by atoms with van der Waals surface area (Å²) in [5, 5.41) is 3.32. The van der Waals surface area contributed by atoms with E-state index in [9.17, 15) is 0 Å². The van der Waals surface area contributed by atoms with E-state index in [-0.39, 0.29) is 0 Å². The maximum Gasteiger partial charge on any atom is 0.119 e. The number of hydrogen-bond acceptors (Lipinski definition) is 3. The summed E-state index contributed by atoms with van der Waals surface area (Å²) in [4.78, 5) is 0. The van der Waals surface area contributed by atoms with Gasteiger partial charge in [0.15, 0.2) is 0 Å². The van der Waals surface area contributed by atoms with Crippen molar-refractivity contribution in [3.63, 3.8) is 0 Å². The summed E-state index contributed by atoms with van der Waals surface area (Å²) >= 11 is 0. The minimum Gasteiger partial charge on any atom is -0.492 e. The molecule has 19 heavy (non-hydrogen) atoms. The molecule has 108 valence electrons. The van der Waals surface area contributed by atoms with Crippen LogP contribution in [0.3, 0.4) is 0 Å². The molecule has 0 saturated carbocycles. The molecule has 3 nitrogen and oxygen atoms in total. The van der Waals surface area contributed by atoms with Gasteiger partial charge in [-0.3, -0.25) is 0 Å². The Balaban J connectivity index is 2.16. The number of nitrogens with one attached hydrogen (secondary N) is 1. The van der Waals surface area contributed by atoms with Crippen molar-refractivity contribution < 1.29 is 9.47 Å². The maximum atomic E-state index is 5.69. The Labute approximate surface area is 117 Å². The van der Waals surface area contributed by atoms with Crippen molar-refractivity contribution in [3.8, 4) is 5.75 Å². The predicted octanol–water partition coefficient (Wildman–Crippen LogP) is 3.21. The second-order valence-electron chi connectivity index (χ2n) is 4.82. The van der Waals surface area contributed by atoms with E-state index in [1.807, 2.05) is 0 Å². The molecule has 0 amide bonds. The van der Waals surface area contributed by atoms with Crippen LogP contribution in [0.1, 0.15) is 38.2 Å². The van der Waals surface area contributed by atoms with Crippen molar-refractivity contribution in [1.29, 1.82) is 0 Å². The van der Waals surface area contributed by atoms with Crippen LogP contribution in [-0.4, -0.2) is 33.4 Å². The number of ether oxygens (including phenoxy) is 2. The first-order valence-electron chi connectivity index (χ1n) is 7.20. The summed E-state index contributed by atoms with van der Waals surface area (Å²) < 4.78 is 10.7. The van der Waals surface area contributed by atoms with Gasteiger partial charge in [0, 0.05) is 20.3 Å². The lowest BCUT2D eigenvalue weighted by atomic mass is 9.99. The predicted molar refractivity (Wildman–Crippen MR) is 80.0 cm³/mol. The van der Waals surface area contributed by atoms with Crippen LogP contribution < -0.4 is 10.1 Å². The molecule has 3 heteroatoms. The fourth-order valence-corrected chi connectivity index (χ4v) is 1.84. The molecule has 1 aromatic carbocycles. The molecule has 1 atom stereocenters. The Hall–Kier alpha value is -1.06. The van der Waals surface area contributed by atoms with E-state index in [1.165, 1.54) is 12.0 Å². The number of methoxy groups -OCH3 is 1. The highest BCUT2D eigenvalue weighted by atomic mass is 16.5. The van der Waals surface area contributed by atoms with Gasteiger partial charge >= 0.3 is 0 Å². The van der Waals surface area contributed by atoms with E-state index >= 15 is 0 Å². The first-order chi connectivity index (χ1) is 9.27. The van der Waals surface area contributed by atoms with Crippen molar-refractivity contribution in [1.82, 2.24) is 5.32 Å². The van der Waals surface area contributed by atoms with Gasteiger partial charge in [0.2, 0.25) is 0 Å². The number of rotatable bonds is 10. The van der Waals surface area contributed by atoms with Gasteiger partial charge in [-0.1, -0.05) is 26.0 Å². The van der Waals surface area contributed by atoms with E-state index < -0.39 is 0 Å². The maximum absolute atomic E-state index is 5.69. The smallest absolute Gasteiger partial charge is 0.119 e.